The Balaban J connectivity index is 1.39. The third-order valence-corrected chi connectivity index (χ3v) is 16.6. The number of aromatic amines is 1. The van der Waals surface area contributed by atoms with Crippen molar-refractivity contribution in [2.45, 2.75) is 81.9 Å². The van der Waals surface area contributed by atoms with Gasteiger partial charge in [0, 0.05) is 23.7 Å². The second-order valence-electron chi connectivity index (χ2n) is 15.1. The minimum atomic E-state index is -2.27. The van der Waals surface area contributed by atoms with Crippen molar-refractivity contribution in [1.82, 2.24) is 9.97 Å². The first kappa shape index (κ1) is 41.1. The van der Waals surface area contributed by atoms with Gasteiger partial charge in [-0.15, -0.1) is 0 Å². The molecule has 7 rings (SSSR count). The lowest BCUT2D eigenvalue weighted by Crippen LogP contribution is -2.64. The van der Waals surface area contributed by atoms with Crippen LogP contribution in [0, 0.1) is 6.92 Å². The highest BCUT2D eigenvalue weighted by Gasteiger charge is 2.61. The van der Waals surface area contributed by atoms with E-state index < -0.39 is 43.6 Å². The molecule has 4 atom stereocenters. The molecule has 2 aliphatic rings. The van der Waals surface area contributed by atoms with Crippen molar-refractivity contribution in [2.24, 2.45) is 0 Å². The summed E-state index contributed by atoms with van der Waals surface area (Å²) in [4.78, 5) is 35.9. The molecule has 1 aromatic heterocycles. The van der Waals surface area contributed by atoms with E-state index in [4.69, 9.17) is 28.1 Å². The monoisotopic (exact) mass is 803 g/mol. The number of H-pyrrole nitrogens is 1. The molecule has 304 valence electrons. The van der Waals surface area contributed by atoms with Crippen molar-refractivity contribution < 1.29 is 32.9 Å². The highest BCUT2D eigenvalue weighted by molar-refractivity contribution is 6.73. The number of hydrogen-bond acceptors (Lipinski definition) is 9. The van der Waals surface area contributed by atoms with Gasteiger partial charge in [-0.3, -0.25) is 9.69 Å². The van der Waals surface area contributed by atoms with Crippen molar-refractivity contribution in [3.05, 3.63) is 154 Å². The number of hydrogen-bond donors (Lipinski definition) is 1. The summed E-state index contributed by atoms with van der Waals surface area (Å²) in [6.45, 7) is 8.59. The standard InChI is InChI=1S/C46H53N3O8Si/c1-7-58(8-2,9-3)57-41-39-28-40(49(42-32(4)29-47-44(51)48-42)43(50)33-16-12-10-13-17-33)56-45(41,30-54-39)31-55-46(34-18-14-11-15-19-34,35-20-24-37(52-5)25-21-35)36-22-26-38(53-6)27-23-36/h10-27,29,39-41H,7-9,28,30-31H2,1-6H3,(H,47,48,51)/t39?,40-,41+,45+/m1/s1. The lowest BCUT2D eigenvalue weighted by molar-refractivity contribution is -0.199. The maximum Gasteiger partial charge on any atom is 0.346 e. The molecule has 0 aliphatic carbocycles. The Morgan fingerprint density at radius 2 is 1.40 bits per heavy atom. The Kier molecular flexibility index (Phi) is 12.3. The molecule has 1 N–H and O–H groups in total. The number of carbonyl (C=O) groups excluding carboxylic acids is 1. The van der Waals surface area contributed by atoms with Crippen LogP contribution in [0.2, 0.25) is 18.1 Å². The van der Waals surface area contributed by atoms with Gasteiger partial charge in [-0.25, -0.2) is 4.79 Å². The lowest BCUT2D eigenvalue weighted by atomic mass is 9.79. The molecule has 0 saturated carbocycles. The summed E-state index contributed by atoms with van der Waals surface area (Å²) >= 11 is 0. The Bertz CT molecular complexity index is 2140. The Hall–Kier alpha value is -5.11. The average Bonchev–Trinajstić information content (AvgIpc) is 3.46. The third kappa shape index (κ3) is 7.74. The number of carbonyl (C=O) groups is 1. The van der Waals surface area contributed by atoms with Crippen LogP contribution in [0.15, 0.2) is 120 Å². The number of amides is 1. The van der Waals surface area contributed by atoms with Gasteiger partial charge in [0.1, 0.15) is 40.9 Å². The fourth-order valence-corrected chi connectivity index (χ4v) is 11.3. The molecule has 12 heteroatoms. The summed E-state index contributed by atoms with van der Waals surface area (Å²) < 4.78 is 40.1. The molecular formula is C46H53N3O8Si. The zero-order chi connectivity index (χ0) is 40.9. The quantitative estimate of drug-likeness (QED) is 0.0781. The maximum absolute atomic E-state index is 14.6. The highest BCUT2D eigenvalue weighted by atomic mass is 28.4. The third-order valence-electron chi connectivity index (χ3n) is 11.9. The number of nitrogens with zero attached hydrogens (tertiary/aromatic N) is 2. The number of aromatic nitrogens is 2. The molecule has 0 spiro atoms. The van der Waals surface area contributed by atoms with Gasteiger partial charge in [0.15, 0.2) is 8.32 Å². The number of fused-ring (bicyclic) bond motifs is 2. The molecule has 4 aromatic carbocycles. The van der Waals surface area contributed by atoms with Gasteiger partial charge < -0.3 is 33.1 Å². The predicted molar refractivity (Wildman–Crippen MR) is 225 cm³/mol. The van der Waals surface area contributed by atoms with E-state index >= 15 is 0 Å². The summed E-state index contributed by atoms with van der Waals surface area (Å²) in [6, 6.07) is 37.6. The lowest BCUT2D eigenvalue weighted by Gasteiger charge is -2.49. The van der Waals surface area contributed by atoms with Gasteiger partial charge in [-0.05, 0) is 78.1 Å². The second-order valence-corrected chi connectivity index (χ2v) is 19.8. The number of rotatable bonds is 16. The van der Waals surface area contributed by atoms with Crippen molar-refractivity contribution >= 4 is 20.0 Å². The molecule has 11 nitrogen and oxygen atoms in total. The van der Waals surface area contributed by atoms with Gasteiger partial charge in [0.25, 0.3) is 5.91 Å². The normalized spacial score (nSPS) is 20.4. The van der Waals surface area contributed by atoms with Crippen LogP contribution in [0.5, 0.6) is 11.5 Å². The molecule has 0 radical (unpaired) electrons. The SMILES string of the molecule is CC[Si](CC)(CC)O[C@H]1C2C[C@H](N(C(=O)c3ccccc3)c3nc(=O)[nH]cc3C)O[C@]1(COC(c1ccccc1)(c1ccc(OC)cc1)c1ccc(OC)cc1)CO2. The van der Waals surface area contributed by atoms with Crippen LogP contribution in [0.4, 0.5) is 5.82 Å². The average molecular weight is 804 g/mol. The number of aryl methyl sites for hydroxylation is 1. The molecule has 2 fully saturated rings. The Morgan fingerprint density at radius 3 is 1.95 bits per heavy atom. The Morgan fingerprint density at radius 1 is 0.845 bits per heavy atom. The van der Waals surface area contributed by atoms with Crippen LogP contribution in [0.1, 0.15) is 59.8 Å². The van der Waals surface area contributed by atoms with Crippen LogP contribution in [-0.4, -0.2) is 75.7 Å². The molecule has 1 unspecified atom stereocenters. The summed E-state index contributed by atoms with van der Waals surface area (Å²) in [5.74, 6) is 1.29. The van der Waals surface area contributed by atoms with Crippen molar-refractivity contribution in [2.75, 3.05) is 32.3 Å². The number of ether oxygens (including phenoxy) is 5. The van der Waals surface area contributed by atoms with Crippen LogP contribution in [0.25, 0.3) is 0 Å². The summed E-state index contributed by atoms with van der Waals surface area (Å²) in [5, 5.41) is 0. The van der Waals surface area contributed by atoms with E-state index in [1.165, 1.54) is 4.90 Å². The smallest absolute Gasteiger partial charge is 0.346 e. The molecule has 3 heterocycles. The molecule has 2 aliphatic heterocycles. The van der Waals surface area contributed by atoms with E-state index in [9.17, 15) is 9.59 Å². The first-order chi connectivity index (χ1) is 28.1. The molecule has 2 saturated heterocycles. The topological polar surface area (TPSA) is 121 Å². The maximum atomic E-state index is 14.6. The van der Waals surface area contributed by atoms with E-state index in [1.54, 1.807) is 32.5 Å². The molecular weight excluding hydrogens is 751 g/mol. The van der Waals surface area contributed by atoms with Crippen molar-refractivity contribution in [1.29, 1.82) is 0 Å². The molecule has 5 aromatic rings. The number of methoxy groups -OCH3 is 2. The first-order valence-corrected chi connectivity index (χ1v) is 22.6. The highest BCUT2D eigenvalue weighted by Crippen LogP contribution is 2.48. The Labute approximate surface area is 341 Å². The van der Waals surface area contributed by atoms with E-state index in [2.05, 4.69) is 42.9 Å². The van der Waals surface area contributed by atoms with Crippen LogP contribution in [-0.2, 0) is 24.2 Å². The van der Waals surface area contributed by atoms with E-state index in [1.807, 2.05) is 91.9 Å². The van der Waals surface area contributed by atoms with E-state index in [0.29, 0.717) is 29.0 Å². The van der Waals surface area contributed by atoms with Crippen LogP contribution >= 0.6 is 0 Å². The zero-order valence-corrected chi connectivity index (χ0v) is 35.1. The van der Waals surface area contributed by atoms with E-state index in [0.717, 1.165) is 34.8 Å². The van der Waals surface area contributed by atoms with Gasteiger partial charge in [-0.2, -0.15) is 4.98 Å². The van der Waals surface area contributed by atoms with Gasteiger partial charge in [0.05, 0.1) is 33.5 Å². The summed E-state index contributed by atoms with van der Waals surface area (Å²) in [7, 11) is 1.02. The van der Waals surface area contributed by atoms with Gasteiger partial charge in [-0.1, -0.05) is 93.6 Å². The minimum absolute atomic E-state index is 0.0222. The summed E-state index contributed by atoms with van der Waals surface area (Å²) in [6.07, 6.45) is 0.0286. The number of anilines is 1. The van der Waals surface area contributed by atoms with Crippen LogP contribution in [0.3, 0.4) is 0 Å². The van der Waals surface area contributed by atoms with E-state index in [-0.39, 0.29) is 24.9 Å². The second kappa shape index (κ2) is 17.4. The number of benzene rings is 4. The molecule has 58 heavy (non-hydrogen) atoms. The fourth-order valence-electron chi connectivity index (χ4n) is 8.42. The zero-order valence-electron chi connectivity index (χ0n) is 34.1. The number of nitrogens with one attached hydrogen (secondary N) is 1. The van der Waals surface area contributed by atoms with Gasteiger partial charge in [0.2, 0.25) is 0 Å². The van der Waals surface area contributed by atoms with Crippen molar-refractivity contribution in [3.63, 3.8) is 0 Å². The molecule has 1 amide bonds. The summed E-state index contributed by atoms with van der Waals surface area (Å²) in [5.41, 5.74) is 0.751. The van der Waals surface area contributed by atoms with Crippen LogP contribution < -0.4 is 20.1 Å². The fraction of sp³-hybridized carbons (Fsp3) is 0.370. The largest absolute Gasteiger partial charge is 0.497 e. The minimum Gasteiger partial charge on any atom is -0.497 e. The predicted octanol–water partition coefficient (Wildman–Crippen LogP) is 8.03. The van der Waals surface area contributed by atoms with Gasteiger partial charge >= 0.3 is 5.69 Å². The first-order valence-electron chi connectivity index (χ1n) is 20.1. The molecule has 2 bridgehead atoms. The van der Waals surface area contributed by atoms with Crippen molar-refractivity contribution in [3.8, 4) is 11.5 Å².